The predicted molar refractivity (Wildman–Crippen MR) is 185 cm³/mol. The molecule has 0 aromatic heterocycles. The van der Waals surface area contributed by atoms with Crippen molar-refractivity contribution in [2.24, 2.45) is 0 Å². The van der Waals surface area contributed by atoms with Gasteiger partial charge in [-0.05, 0) is 139 Å². The van der Waals surface area contributed by atoms with Crippen molar-refractivity contribution in [2.45, 2.75) is 52.7 Å². The number of carbonyl (C=O) groups is 5. The summed E-state index contributed by atoms with van der Waals surface area (Å²) < 4.78 is 10.5. The average molecular weight is 651 g/mol. The van der Waals surface area contributed by atoms with Gasteiger partial charge < -0.3 is 20.1 Å². The second-order valence-electron chi connectivity index (χ2n) is 12.8. The molecule has 0 saturated heterocycles. The fraction of sp³-hybridized carbons (Fsp3) is 0.216. The number of ether oxygens (including phenoxy) is 2. The Morgan fingerprint density at radius 1 is 0.396 bits per heavy atom. The average Bonchev–Trinajstić information content (AvgIpc) is 3.00. The van der Waals surface area contributed by atoms with Gasteiger partial charge in [0.1, 0.15) is 11.2 Å². The molecule has 4 amide bonds. The summed E-state index contributed by atoms with van der Waals surface area (Å²) in [5.74, 6) is -0.945. The van der Waals surface area contributed by atoms with Gasteiger partial charge in [-0.25, -0.2) is 9.59 Å². The fourth-order valence-corrected chi connectivity index (χ4v) is 4.24. The third-order valence-corrected chi connectivity index (χ3v) is 6.39. The highest BCUT2D eigenvalue weighted by molar-refractivity contribution is 6.10. The molecule has 11 heteroatoms. The van der Waals surface area contributed by atoms with Crippen molar-refractivity contribution in [2.75, 3.05) is 21.3 Å². The van der Waals surface area contributed by atoms with Crippen LogP contribution in [0.2, 0.25) is 0 Å². The minimum absolute atomic E-state index is 0.230. The van der Waals surface area contributed by atoms with E-state index in [0.29, 0.717) is 45.0 Å². The molecule has 0 heterocycles. The van der Waals surface area contributed by atoms with E-state index in [1.807, 2.05) is 0 Å². The van der Waals surface area contributed by atoms with Gasteiger partial charge in [0.05, 0.1) is 0 Å². The van der Waals surface area contributed by atoms with E-state index in [-0.39, 0.29) is 17.6 Å². The van der Waals surface area contributed by atoms with Crippen molar-refractivity contribution in [3.63, 3.8) is 0 Å². The van der Waals surface area contributed by atoms with Gasteiger partial charge in [0.2, 0.25) is 0 Å². The lowest BCUT2D eigenvalue weighted by Gasteiger charge is -2.19. The largest absolute Gasteiger partial charge is 0.444 e. The number of benzene rings is 4. The van der Waals surface area contributed by atoms with Crippen molar-refractivity contribution in [1.82, 2.24) is 0 Å². The molecule has 11 nitrogen and oxygen atoms in total. The molecule has 0 aliphatic carbocycles. The summed E-state index contributed by atoms with van der Waals surface area (Å²) in [6.07, 6.45) is -1.18. The summed E-state index contributed by atoms with van der Waals surface area (Å²) in [7, 11) is 0. The molecular formula is C37H38N4O7. The van der Waals surface area contributed by atoms with Gasteiger partial charge in [-0.3, -0.25) is 25.0 Å². The van der Waals surface area contributed by atoms with Gasteiger partial charge in [-0.2, -0.15) is 0 Å². The minimum Gasteiger partial charge on any atom is -0.444 e. The van der Waals surface area contributed by atoms with Gasteiger partial charge >= 0.3 is 12.2 Å². The van der Waals surface area contributed by atoms with E-state index in [2.05, 4.69) is 21.3 Å². The molecule has 0 radical (unpaired) electrons. The number of amides is 4. The standard InChI is InChI=1S/C37H38N4O7/c1-36(2,3)47-34(45)40-29-19-11-25(12-20-29)32(43)38-27-15-7-23(8-16-27)31(42)24-9-17-28(18-10-24)39-33(44)26-13-21-30(22-14-26)41-35(46)48-37(4,5)6/h7-22H,1-6H3,(H,38,43)(H,39,44)(H,40,45)(H,41,46). The molecule has 4 N–H and O–H groups in total. The maximum atomic E-state index is 13.1. The highest BCUT2D eigenvalue weighted by Gasteiger charge is 2.18. The van der Waals surface area contributed by atoms with Crippen LogP contribution in [-0.2, 0) is 9.47 Å². The lowest BCUT2D eigenvalue weighted by atomic mass is 10.0. The van der Waals surface area contributed by atoms with Crippen molar-refractivity contribution in [1.29, 1.82) is 0 Å². The Hall–Kier alpha value is -5.97. The normalized spacial score (nSPS) is 11.1. The smallest absolute Gasteiger partial charge is 0.412 e. The maximum Gasteiger partial charge on any atom is 0.412 e. The summed E-state index contributed by atoms with van der Waals surface area (Å²) in [5.41, 5.74) is 2.31. The van der Waals surface area contributed by atoms with Crippen LogP contribution in [0.25, 0.3) is 0 Å². The zero-order valence-corrected chi connectivity index (χ0v) is 27.6. The van der Waals surface area contributed by atoms with Crippen LogP contribution in [0, 0.1) is 0 Å². The highest BCUT2D eigenvalue weighted by Crippen LogP contribution is 2.19. The topological polar surface area (TPSA) is 152 Å². The first-order chi connectivity index (χ1) is 22.5. The molecule has 0 spiro atoms. The van der Waals surface area contributed by atoms with E-state index < -0.39 is 23.4 Å². The molecule has 0 saturated carbocycles. The third kappa shape index (κ3) is 10.5. The summed E-state index contributed by atoms with van der Waals surface area (Å²) in [6.45, 7) is 10.6. The van der Waals surface area contributed by atoms with Crippen LogP contribution in [0.4, 0.5) is 32.3 Å². The Morgan fingerprint density at radius 2 is 0.646 bits per heavy atom. The van der Waals surface area contributed by atoms with Crippen LogP contribution >= 0.6 is 0 Å². The Kier molecular flexibility index (Phi) is 10.6. The van der Waals surface area contributed by atoms with E-state index in [9.17, 15) is 24.0 Å². The van der Waals surface area contributed by atoms with Crippen LogP contribution in [0.5, 0.6) is 0 Å². The first kappa shape index (κ1) is 34.9. The minimum atomic E-state index is -0.629. The molecular weight excluding hydrogens is 612 g/mol. The van der Waals surface area contributed by atoms with E-state index in [0.717, 1.165) is 0 Å². The number of hydrogen-bond acceptors (Lipinski definition) is 7. The van der Waals surface area contributed by atoms with E-state index >= 15 is 0 Å². The zero-order valence-electron chi connectivity index (χ0n) is 27.6. The Morgan fingerprint density at radius 3 is 0.917 bits per heavy atom. The summed E-state index contributed by atoms with van der Waals surface area (Å²) >= 11 is 0. The number of rotatable bonds is 8. The molecule has 48 heavy (non-hydrogen) atoms. The molecule has 4 aromatic rings. The first-order valence-electron chi connectivity index (χ1n) is 15.1. The number of carbonyl (C=O) groups excluding carboxylic acids is 5. The van der Waals surface area contributed by atoms with Crippen molar-refractivity contribution in [3.8, 4) is 0 Å². The predicted octanol–water partition coefficient (Wildman–Crippen LogP) is 8.12. The zero-order chi connectivity index (χ0) is 35.1. The number of ketones is 1. The van der Waals surface area contributed by atoms with Crippen LogP contribution in [0.15, 0.2) is 97.1 Å². The molecule has 0 fully saturated rings. The molecule has 0 unspecified atom stereocenters. The van der Waals surface area contributed by atoms with Crippen LogP contribution in [-0.4, -0.2) is 41.0 Å². The van der Waals surface area contributed by atoms with Crippen molar-refractivity contribution in [3.05, 3.63) is 119 Å². The molecule has 4 rings (SSSR count). The van der Waals surface area contributed by atoms with Crippen molar-refractivity contribution >= 4 is 52.5 Å². The second-order valence-corrected chi connectivity index (χ2v) is 12.8. The summed E-state index contributed by atoms with van der Waals surface area (Å²) in [4.78, 5) is 62.4. The molecule has 0 aliphatic rings. The molecule has 248 valence electrons. The highest BCUT2D eigenvalue weighted by atomic mass is 16.6. The summed E-state index contributed by atoms with van der Waals surface area (Å²) in [6, 6.07) is 25.7. The van der Waals surface area contributed by atoms with E-state index in [1.165, 1.54) is 0 Å². The van der Waals surface area contributed by atoms with Gasteiger partial charge in [-0.15, -0.1) is 0 Å². The molecule has 0 aliphatic heterocycles. The molecule has 4 aromatic carbocycles. The van der Waals surface area contributed by atoms with Gasteiger partial charge in [0.15, 0.2) is 5.78 Å². The van der Waals surface area contributed by atoms with E-state index in [4.69, 9.17) is 9.47 Å². The first-order valence-corrected chi connectivity index (χ1v) is 15.1. The fourth-order valence-electron chi connectivity index (χ4n) is 4.24. The SMILES string of the molecule is CC(C)(C)OC(=O)Nc1ccc(C(=O)Nc2ccc(C(=O)c3ccc(NC(=O)c4ccc(NC(=O)OC(C)(C)C)cc4)cc3)cc2)cc1. The lowest BCUT2D eigenvalue weighted by Crippen LogP contribution is -2.27. The van der Waals surface area contributed by atoms with Crippen molar-refractivity contribution < 1.29 is 33.4 Å². The molecule has 0 bridgehead atoms. The van der Waals surface area contributed by atoms with Gasteiger partial charge in [0, 0.05) is 45.0 Å². The van der Waals surface area contributed by atoms with E-state index in [1.54, 1.807) is 139 Å². The third-order valence-electron chi connectivity index (χ3n) is 6.39. The monoisotopic (exact) mass is 650 g/mol. The number of anilines is 4. The van der Waals surface area contributed by atoms with Crippen LogP contribution in [0.3, 0.4) is 0 Å². The van der Waals surface area contributed by atoms with Crippen LogP contribution in [0.1, 0.15) is 78.2 Å². The Balaban J connectivity index is 1.29. The Labute approximate surface area is 279 Å². The number of hydrogen-bond donors (Lipinski definition) is 4. The van der Waals surface area contributed by atoms with Crippen LogP contribution < -0.4 is 21.3 Å². The Bertz CT molecular complexity index is 1650. The quantitative estimate of drug-likeness (QED) is 0.141. The van der Waals surface area contributed by atoms with Gasteiger partial charge in [0.25, 0.3) is 11.8 Å². The second kappa shape index (κ2) is 14.6. The lowest BCUT2D eigenvalue weighted by molar-refractivity contribution is 0.0624. The number of nitrogens with one attached hydrogen (secondary N) is 4. The maximum absolute atomic E-state index is 13.1. The summed E-state index contributed by atoms with van der Waals surface area (Å²) in [5, 5.41) is 10.8. The van der Waals surface area contributed by atoms with Gasteiger partial charge in [-0.1, -0.05) is 0 Å². The molecule has 0 atom stereocenters.